The summed E-state index contributed by atoms with van der Waals surface area (Å²) in [7, 11) is 3.16. The molecule has 0 radical (unpaired) electrons. The molecule has 0 unspecified atom stereocenters. The molecular weight excluding hydrogens is 294 g/mol. The van der Waals surface area contributed by atoms with Crippen LogP contribution in [0.1, 0.15) is 49.4 Å². The van der Waals surface area contributed by atoms with E-state index >= 15 is 0 Å². The summed E-state index contributed by atoms with van der Waals surface area (Å²) in [6.07, 6.45) is 5.53. The largest absolute Gasteiger partial charge is 0.497 e. The number of hydrogen-bond donors (Lipinski definition) is 0. The van der Waals surface area contributed by atoms with Gasteiger partial charge in [0.2, 0.25) is 0 Å². The van der Waals surface area contributed by atoms with Crippen LogP contribution in [0.5, 0.6) is 5.75 Å². The maximum atomic E-state index is 12.2. The summed E-state index contributed by atoms with van der Waals surface area (Å²) in [6.45, 7) is 2.54. The Kier molecular flexibility index (Phi) is 8.80. The molecule has 0 aliphatic carbocycles. The zero-order chi connectivity index (χ0) is 17.1. The Morgan fingerprint density at radius 3 is 2.30 bits per heavy atom. The first-order valence-corrected chi connectivity index (χ1v) is 8.13. The SMILES string of the molecule is CCCCCCCOC(=O)CN(C)C(=O)c1ccc(OC)cc1. The average molecular weight is 321 g/mol. The Morgan fingerprint density at radius 2 is 1.70 bits per heavy atom. The summed E-state index contributed by atoms with van der Waals surface area (Å²) in [6, 6.07) is 6.79. The van der Waals surface area contributed by atoms with Crippen molar-refractivity contribution in [2.24, 2.45) is 0 Å². The van der Waals surface area contributed by atoms with E-state index in [2.05, 4.69) is 6.92 Å². The quantitative estimate of drug-likeness (QED) is 0.490. The van der Waals surface area contributed by atoms with Gasteiger partial charge in [0.1, 0.15) is 12.3 Å². The van der Waals surface area contributed by atoms with E-state index in [-0.39, 0.29) is 18.4 Å². The molecule has 0 aliphatic rings. The topological polar surface area (TPSA) is 55.8 Å². The highest BCUT2D eigenvalue weighted by atomic mass is 16.5. The molecule has 1 aromatic rings. The molecule has 0 spiro atoms. The molecule has 0 aromatic heterocycles. The van der Waals surface area contributed by atoms with Crippen molar-refractivity contribution in [1.29, 1.82) is 0 Å². The predicted molar refractivity (Wildman–Crippen MR) is 89.7 cm³/mol. The Balaban J connectivity index is 2.31. The van der Waals surface area contributed by atoms with Crippen molar-refractivity contribution in [3.8, 4) is 5.75 Å². The van der Waals surface area contributed by atoms with E-state index in [9.17, 15) is 9.59 Å². The number of benzene rings is 1. The lowest BCUT2D eigenvalue weighted by Gasteiger charge is -2.16. The summed E-state index contributed by atoms with van der Waals surface area (Å²) in [4.78, 5) is 25.3. The van der Waals surface area contributed by atoms with E-state index in [4.69, 9.17) is 9.47 Å². The van der Waals surface area contributed by atoms with Crippen LogP contribution in [0, 0.1) is 0 Å². The second kappa shape index (κ2) is 10.6. The van der Waals surface area contributed by atoms with Crippen LogP contribution in [-0.4, -0.2) is 44.1 Å². The fourth-order valence-corrected chi connectivity index (χ4v) is 2.16. The first kappa shape index (κ1) is 19.0. The van der Waals surface area contributed by atoms with E-state index < -0.39 is 0 Å². The monoisotopic (exact) mass is 321 g/mol. The Morgan fingerprint density at radius 1 is 1.04 bits per heavy atom. The summed E-state index contributed by atoms with van der Waals surface area (Å²) in [5.74, 6) is 0.101. The van der Waals surface area contributed by atoms with Gasteiger partial charge in [0.25, 0.3) is 5.91 Å². The van der Waals surface area contributed by atoms with Crippen molar-refractivity contribution in [2.45, 2.75) is 39.0 Å². The second-order valence-corrected chi connectivity index (χ2v) is 5.52. The van der Waals surface area contributed by atoms with Gasteiger partial charge in [-0.15, -0.1) is 0 Å². The Bertz CT molecular complexity index is 484. The molecule has 1 aromatic carbocycles. The van der Waals surface area contributed by atoms with Crippen LogP contribution in [-0.2, 0) is 9.53 Å². The lowest BCUT2D eigenvalue weighted by molar-refractivity contribution is -0.144. The van der Waals surface area contributed by atoms with Crippen molar-refractivity contribution < 1.29 is 19.1 Å². The summed E-state index contributed by atoms with van der Waals surface area (Å²) in [5, 5.41) is 0. The minimum absolute atomic E-state index is 0.0418. The fraction of sp³-hybridized carbons (Fsp3) is 0.556. The van der Waals surface area contributed by atoms with Gasteiger partial charge in [-0.2, -0.15) is 0 Å². The van der Waals surface area contributed by atoms with E-state index in [0.717, 1.165) is 12.8 Å². The number of carbonyl (C=O) groups excluding carboxylic acids is 2. The molecular formula is C18H27NO4. The van der Waals surface area contributed by atoms with Crippen LogP contribution < -0.4 is 4.74 Å². The normalized spacial score (nSPS) is 10.2. The Hall–Kier alpha value is -2.04. The number of hydrogen-bond acceptors (Lipinski definition) is 4. The molecule has 1 amide bonds. The van der Waals surface area contributed by atoms with Crippen LogP contribution in [0.25, 0.3) is 0 Å². The molecule has 0 N–H and O–H groups in total. The molecule has 5 heteroatoms. The highest BCUT2D eigenvalue weighted by molar-refractivity contribution is 5.95. The highest BCUT2D eigenvalue weighted by Gasteiger charge is 2.15. The van der Waals surface area contributed by atoms with Crippen molar-refractivity contribution in [1.82, 2.24) is 4.90 Å². The zero-order valence-corrected chi connectivity index (χ0v) is 14.3. The zero-order valence-electron chi connectivity index (χ0n) is 14.3. The number of esters is 1. The fourth-order valence-electron chi connectivity index (χ4n) is 2.16. The van der Waals surface area contributed by atoms with Crippen molar-refractivity contribution >= 4 is 11.9 Å². The van der Waals surface area contributed by atoms with E-state index in [1.54, 1.807) is 38.4 Å². The molecule has 5 nitrogen and oxygen atoms in total. The molecule has 23 heavy (non-hydrogen) atoms. The average Bonchev–Trinajstić information content (AvgIpc) is 2.57. The first-order chi connectivity index (χ1) is 11.1. The van der Waals surface area contributed by atoms with Crippen molar-refractivity contribution in [3.05, 3.63) is 29.8 Å². The van der Waals surface area contributed by atoms with Crippen molar-refractivity contribution in [3.63, 3.8) is 0 Å². The summed E-state index contributed by atoms with van der Waals surface area (Å²) < 4.78 is 10.2. The third-order valence-corrected chi connectivity index (χ3v) is 3.56. The van der Waals surface area contributed by atoms with Gasteiger partial charge in [-0.25, -0.2) is 0 Å². The van der Waals surface area contributed by atoms with Gasteiger partial charge in [-0.05, 0) is 30.7 Å². The van der Waals surface area contributed by atoms with Crippen LogP contribution in [0.15, 0.2) is 24.3 Å². The predicted octanol–water partition coefficient (Wildman–Crippen LogP) is 3.28. The Labute approximate surface area is 138 Å². The van der Waals surface area contributed by atoms with Gasteiger partial charge in [-0.1, -0.05) is 32.6 Å². The van der Waals surface area contributed by atoms with E-state index in [0.29, 0.717) is 17.9 Å². The van der Waals surface area contributed by atoms with Crippen LogP contribution in [0.2, 0.25) is 0 Å². The van der Waals surface area contributed by atoms with E-state index in [1.807, 2.05) is 0 Å². The number of ether oxygens (including phenoxy) is 2. The number of methoxy groups -OCH3 is 1. The van der Waals surface area contributed by atoms with Crippen molar-refractivity contribution in [2.75, 3.05) is 27.3 Å². The molecule has 1 rings (SSSR count). The number of nitrogens with zero attached hydrogens (tertiary/aromatic N) is 1. The summed E-state index contributed by atoms with van der Waals surface area (Å²) >= 11 is 0. The van der Waals surface area contributed by atoms with Crippen LogP contribution in [0.3, 0.4) is 0 Å². The molecule has 0 bridgehead atoms. The van der Waals surface area contributed by atoms with E-state index in [1.165, 1.54) is 24.2 Å². The standard InChI is InChI=1S/C18H27NO4/c1-4-5-6-7-8-13-23-17(20)14-19(2)18(21)15-9-11-16(22-3)12-10-15/h9-12H,4-8,13-14H2,1-3H3. The lowest BCUT2D eigenvalue weighted by Crippen LogP contribution is -2.33. The third kappa shape index (κ3) is 7.17. The minimum Gasteiger partial charge on any atom is -0.497 e. The maximum absolute atomic E-state index is 12.2. The number of amides is 1. The molecule has 0 saturated heterocycles. The molecule has 0 fully saturated rings. The molecule has 0 saturated carbocycles. The number of carbonyl (C=O) groups is 2. The minimum atomic E-state index is -0.371. The smallest absolute Gasteiger partial charge is 0.325 e. The van der Waals surface area contributed by atoms with Gasteiger partial charge in [0.05, 0.1) is 13.7 Å². The van der Waals surface area contributed by atoms with Gasteiger partial charge in [0.15, 0.2) is 0 Å². The first-order valence-electron chi connectivity index (χ1n) is 8.13. The number of likely N-dealkylation sites (N-methyl/N-ethyl adjacent to an activating group) is 1. The summed E-state index contributed by atoms with van der Waals surface area (Å²) in [5.41, 5.74) is 0.515. The van der Waals surface area contributed by atoms with Gasteiger partial charge >= 0.3 is 5.97 Å². The molecule has 128 valence electrons. The van der Waals surface area contributed by atoms with Gasteiger partial charge < -0.3 is 14.4 Å². The van der Waals surface area contributed by atoms with Crippen LogP contribution >= 0.6 is 0 Å². The van der Waals surface area contributed by atoms with Crippen LogP contribution in [0.4, 0.5) is 0 Å². The number of rotatable bonds is 10. The molecule has 0 atom stereocenters. The van der Waals surface area contributed by atoms with Gasteiger partial charge in [-0.3, -0.25) is 9.59 Å². The second-order valence-electron chi connectivity index (χ2n) is 5.52. The van der Waals surface area contributed by atoms with Gasteiger partial charge in [0, 0.05) is 12.6 Å². The number of unbranched alkanes of at least 4 members (excludes halogenated alkanes) is 4. The highest BCUT2D eigenvalue weighted by Crippen LogP contribution is 2.12. The molecule has 0 aliphatic heterocycles. The third-order valence-electron chi connectivity index (χ3n) is 3.56. The maximum Gasteiger partial charge on any atom is 0.325 e. The molecule has 0 heterocycles. The lowest BCUT2D eigenvalue weighted by atomic mass is 10.2.